The van der Waals surface area contributed by atoms with Crippen molar-refractivity contribution in [2.24, 2.45) is 0 Å². The van der Waals surface area contributed by atoms with Crippen LogP contribution in [0.5, 0.6) is 0 Å². The van der Waals surface area contributed by atoms with Gasteiger partial charge in [-0.05, 0) is 93.2 Å². The number of amides is 3. The SMILES string of the molecule is CC(=O)N1CCN(CCCC(=O)OC2CCCN(C(=O)c3ccc(NC(=O)c4ccccc4C)cc3C)c3ccc(Cl)cc32)CC1. The highest BCUT2D eigenvalue weighted by Gasteiger charge is 2.30. The molecule has 0 aromatic heterocycles. The molecule has 242 valence electrons. The number of hydrogen-bond donors (Lipinski definition) is 1. The molecule has 1 atom stereocenters. The van der Waals surface area contributed by atoms with Crippen molar-refractivity contribution >= 4 is 46.7 Å². The van der Waals surface area contributed by atoms with E-state index >= 15 is 0 Å². The second-order valence-electron chi connectivity index (χ2n) is 12.0. The molecule has 0 spiro atoms. The first-order chi connectivity index (χ1) is 22.1. The van der Waals surface area contributed by atoms with Gasteiger partial charge in [0.15, 0.2) is 0 Å². The van der Waals surface area contributed by atoms with Crippen LogP contribution in [0.3, 0.4) is 0 Å². The van der Waals surface area contributed by atoms with E-state index in [0.29, 0.717) is 72.0 Å². The lowest BCUT2D eigenvalue weighted by molar-refractivity contribution is -0.150. The van der Waals surface area contributed by atoms with Crippen LogP contribution in [0.25, 0.3) is 0 Å². The van der Waals surface area contributed by atoms with Gasteiger partial charge in [0.05, 0.1) is 5.69 Å². The van der Waals surface area contributed by atoms with E-state index in [0.717, 1.165) is 30.8 Å². The number of rotatable bonds is 8. The fourth-order valence-electron chi connectivity index (χ4n) is 6.18. The van der Waals surface area contributed by atoms with Crippen LogP contribution in [-0.4, -0.2) is 72.8 Å². The van der Waals surface area contributed by atoms with Gasteiger partial charge in [0.25, 0.3) is 11.8 Å². The van der Waals surface area contributed by atoms with Crippen LogP contribution in [0.15, 0.2) is 60.7 Å². The van der Waals surface area contributed by atoms with Crippen LogP contribution in [-0.2, 0) is 14.3 Å². The summed E-state index contributed by atoms with van der Waals surface area (Å²) >= 11 is 6.41. The zero-order chi connectivity index (χ0) is 32.8. The van der Waals surface area contributed by atoms with Gasteiger partial charge in [-0.25, -0.2) is 0 Å². The molecule has 1 unspecified atom stereocenters. The molecule has 1 saturated heterocycles. The largest absolute Gasteiger partial charge is 0.457 e. The first kappa shape index (κ1) is 33.2. The van der Waals surface area contributed by atoms with Crippen molar-refractivity contribution in [1.82, 2.24) is 9.80 Å². The predicted octanol–water partition coefficient (Wildman–Crippen LogP) is 6.18. The molecule has 0 aliphatic carbocycles. The Kier molecular flexibility index (Phi) is 10.8. The third kappa shape index (κ3) is 7.95. The lowest BCUT2D eigenvalue weighted by Crippen LogP contribution is -2.48. The molecule has 2 heterocycles. The monoisotopic (exact) mass is 644 g/mol. The highest BCUT2D eigenvalue weighted by molar-refractivity contribution is 6.30. The van der Waals surface area contributed by atoms with Gasteiger partial charge in [-0.1, -0.05) is 29.8 Å². The van der Waals surface area contributed by atoms with Crippen LogP contribution >= 0.6 is 11.6 Å². The standard InChI is InChI=1S/C36H41ClN4O5/c1-24-8-4-5-9-29(24)35(44)38-28-13-14-30(25(2)22-28)36(45)41-17-6-10-33(31-23-27(37)12-15-32(31)41)46-34(43)11-7-16-39-18-20-40(21-19-39)26(3)42/h4-5,8-9,12-15,22-23,33H,6-7,10-11,16-21H2,1-3H3,(H,38,44). The van der Waals surface area contributed by atoms with Crippen LogP contribution in [0.1, 0.15) is 76.1 Å². The molecule has 1 N–H and O–H groups in total. The third-order valence-electron chi connectivity index (χ3n) is 8.77. The Morgan fingerprint density at radius 3 is 2.37 bits per heavy atom. The fraction of sp³-hybridized carbons (Fsp3) is 0.389. The number of hydrogen-bond acceptors (Lipinski definition) is 6. The normalized spacial score (nSPS) is 16.7. The Hall–Kier alpha value is -4.21. The third-order valence-corrected chi connectivity index (χ3v) is 9.01. The maximum absolute atomic E-state index is 14.0. The summed E-state index contributed by atoms with van der Waals surface area (Å²) in [6, 6.07) is 18.0. The van der Waals surface area contributed by atoms with E-state index in [-0.39, 0.29) is 30.1 Å². The molecule has 0 radical (unpaired) electrons. The molecule has 3 aromatic rings. The smallest absolute Gasteiger partial charge is 0.306 e. The summed E-state index contributed by atoms with van der Waals surface area (Å²) in [6.07, 6.45) is 1.64. The van der Waals surface area contributed by atoms with Crippen LogP contribution < -0.4 is 10.2 Å². The first-order valence-electron chi connectivity index (χ1n) is 15.9. The van der Waals surface area contributed by atoms with Crippen molar-refractivity contribution < 1.29 is 23.9 Å². The number of fused-ring (bicyclic) bond motifs is 1. The van der Waals surface area contributed by atoms with E-state index in [2.05, 4.69) is 10.2 Å². The summed E-state index contributed by atoms with van der Waals surface area (Å²) in [6.45, 7) is 9.59. The van der Waals surface area contributed by atoms with Crippen LogP contribution in [0.2, 0.25) is 5.02 Å². The molecule has 2 aliphatic heterocycles. The number of ether oxygens (including phenoxy) is 1. The second kappa shape index (κ2) is 14.9. The van der Waals surface area contributed by atoms with Crippen LogP contribution in [0.4, 0.5) is 11.4 Å². The number of esters is 1. The van der Waals surface area contributed by atoms with Crippen molar-refractivity contribution in [1.29, 1.82) is 0 Å². The van der Waals surface area contributed by atoms with Crippen molar-refractivity contribution in [3.05, 3.63) is 93.5 Å². The second-order valence-corrected chi connectivity index (χ2v) is 12.5. The number of nitrogens with zero attached hydrogens (tertiary/aromatic N) is 3. The van der Waals surface area contributed by atoms with Gasteiger partial charge < -0.3 is 19.9 Å². The van der Waals surface area contributed by atoms with Gasteiger partial charge in [0.2, 0.25) is 5.91 Å². The van der Waals surface area contributed by atoms with Gasteiger partial charge in [-0.15, -0.1) is 0 Å². The molecule has 5 rings (SSSR count). The Bertz CT molecular complexity index is 1620. The highest BCUT2D eigenvalue weighted by Crippen LogP contribution is 2.38. The lowest BCUT2D eigenvalue weighted by atomic mass is 10.0. The number of carbonyl (C=O) groups is 4. The Morgan fingerprint density at radius 1 is 0.891 bits per heavy atom. The molecule has 0 bridgehead atoms. The molecule has 10 heteroatoms. The molecular formula is C36H41ClN4O5. The van der Waals surface area contributed by atoms with Crippen molar-refractivity contribution in [3.63, 3.8) is 0 Å². The molecule has 1 fully saturated rings. The number of nitrogens with one attached hydrogen (secondary N) is 1. The summed E-state index contributed by atoms with van der Waals surface area (Å²) in [5.41, 5.74) is 4.73. The van der Waals surface area contributed by atoms with Gasteiger partial charge in [-0.2, -0.15) is 0 Å². The molecule has 46 heavy (non-hydrogen) atoms. The lowest BCUT2D eigenvalue weighted by Gasteiger charge is -2.34. The van der Waals surface area contributed by atoms with Gasteiger partial charge in [-0.3, -0.25) is 24.1 Å². The van der Waals surface area contributed by atoms with E-state index in [4.69, 9.17) is 16.3 Å². The van der Waals surface area contributed by atoms with Gasteiger partial charge >= 0.3 is 5.97 Å². The summed E-state index contributed by atoms with van der Waals surface area (Å²) < 4.78 is 6.00. The number of halogens is 1. The Morgan fingerprint density at radius 2 is 1.65 bits per heavy atom. The molecule has 2 aliphatic rings. The molecule has 9 nitrogen and oxygen atoms in total. The Labute approximate surface area is 275 Å². The van der Waals surface area contributed by atoms with E-state index in [1.54, 1.807) is 48.2 Å². The van der Waals surface area contributed by atoms with Crippen molar-refractivity contribution in [3.8, 4) is 0 Å². The Balaban J connectivity index is 1.24. The first-order valence-corrected chi connectivity index (χ1v) is 16.2. The van der Waals surface area contributed by atoms with E-state index in [1.165, 1.54) is 0 Å². The van der Waals surface area contributed by atoms with Crippen molar-refractivity contribution in [2.75, 3.05) is 49.5 Å². The average Bonchev–Trinajstić information content (AvgIpc) is 3.20. The van der Waals surface area contributed by atoms with E-state index < -0.39 is 6.10 Å². The van der Waals surface area contributed by atoms with Crippen LogP contribution in [0, 0.1) is 13.8 Å². The quantitative estimate of drug-likeness (QED) is 0.294. The fourth-order valence-corrected chi connectivity index (χ4v) is 6.36. The minimum absolute atomic E-state index is 0.0971. The van der Waals surface area contributed by atoms with E-state index in [1.807, 2.05) is 43.0 Å². The van der Waals surface area contributed by atoms with Gasteiger partial charge in [0.1, 0.15) is 6.10 Å². The predicted molar refractivity (Wildman–Crippen MR) is 179 cm³/mol. The number of piperazine rings is 1. The zero-order valence-electron chi connectivity index (χ0n) is 26.7. The van der Waals surface area contributed by atoms with E-state index in [9.17, 15) is 19.2 Å². The van der Waals surface area contributed by atoms with Gasteiger partial charge in [0, 0.05) is 73.5 Å². The minimum atomic E-state index is -0.516. The maximum atomic E-state index is 14.0. The zero-order valence-corrected chi connectivity index (χ0v) is 27.4. The average molecular weight is 645 g/mol. The number of aryl methyl sites for hydroxylation is 2. The number of benzene rings is 3. The molecule has 0 saturated carbocycles. The number of carbonyl (C=O) groups excluding carboxylic acids is 4. The molecular weight excluding hydrogens is 604 g/mol. The van der Waals surface area contributed by atoms with Crippen molar-refractivity contribution in [2.45, 2.75) is 52.6 Å². The summed E-state index contributed by atoms with van der Waals surface area (Å²) in [5, 5.41) is 3.44. The summed E-state index contributed by atoms with van der Waals surface area (Å²) in [4.78, 5) is 57.2. The molecule has 3 aromatic carbocycles. The topological polar surface area (TPSA) is 99.3 Å². The number of anilines is 2. The highest BCUT2D eigenvalue weighted by atomic mass is 35.5. The summed E-state index contributed by atoms with van der Waals surface area (Å²) in [7, 11) is 0. The summed E-state index contributed by atoms with van der Waals surface area (Å²) in [5.74, 6) is -0.560. The molecule has 3 amide bonds. The maximum Gasteiger partial charge on any atom is 0.306 e. The minimum Gasteiger partial charge on any atom is -0.457 e.